The molecule has 4 nitrogen and oxygen atoms in total. The average Bonchev–Trinajstić information content (AvgIpc) is 3.49. The molecule has 0 radical (unpaired) electrons. The Morgan fingerprint density at radius 3 is 2.63 bits per heavy atom. The molecule has 0 saturated heterocycles. The first-order chi connectivity index (χ1) is 13.1. The number of anilines is 1. The van der Waals surface area contributed by atoms with Crippen molar-refractivity contribution in [1.29, 1.82) is 0 Å². The number of carbonyl (C=O) groups excluding carboxylic acids is 2. The molecule has 2 aromatic rings. The van der Waals surface area contributed by atoms with Crippen molar-refractivity contribution in [2.75, 3.05) is 11.4 Å². The summed E-state index contributed by atoms with van der Waals surface area (Å²) in [7, 11) is 0. The van der Waals surface area contributed by atoms with E-state index in [0.29, 0.717) is 11.6 Å². The van der Waals surface area contributed by atoms with Crippen LogP contribution in [0.25, 0.3) is 6.08 Å². The molecule has 4 rings (SSSR count). The van der Waals surface area contributed by atoms with E-state index in [2.05, 4.69) is 24.4 Å². The second kappa shape index (κ2) is 7.39. The molecule has 2 amide bonds. The SMILES string of the molecule is Cc1ccc2c(c1)CCCN2C(=O)/C=C/c1ccc(C(=O)NC2CC2)cc1. The molecule has 1 N–H and O–H groups in total. The molecule has 4 heteroatoms. The molecule has 0 atom stereocenters. The second-order valence-corrected chi connectivity index (χ2v) is 7.43. The van der Waals surface area contributed by atoms with Gasteiger partial charge in [0, 0.05) is 29.9 Å². The average molecular weight is 360 g/mol. The van der Waals surface area contributed by atoms with Crippen molar-refractivity contribution < 1.29 is 9.59 Å². The standard InChI is InChI=1S/C23H24N2O2/c1-16-4-12-21-19(15-16)3-2-14-25(21)22(26)13-7-17-5-8-18(9-6-17)23(27)24-20-10-11-20/h4-9,12-13,15,20H,2-3,10-11,14H2,1H3,(H,24,27)/b13-7+. The normalized spacial score (nSPS) is 16.3. The van der Waals surface area contributed by atoms with E-state index in [1.165, 1.54) is 11.1 Å². The zero-order valence-electron chi connectivity index (χ0n) is 15.6. The van der Waals surface area contributed by atoms with Gasteiger partial charge in [0.2, 0.25) is 0 Å². The third kappa shape index (κ3) is 4.11. The van der Waals surface area contributed by atoms with Gasteiger partial charge in [0.1, 0.15) is 0 Å². The third-order valence-electron chi connectivity index (χ3n) is 5.12. The summed E-state index contributed by atoms with van der Waals surface area (Å²) in [4.78, 5) is 26.6. The van der Waals surface area contributed by atoms with Crippen LogP contribution in [0.4, 0.5) is 5.69 Å². The van der Waals surface area contributed by atoms with Gasteiger partial charge in [0.15, 0.2) is 0 Å². The Bertz CT molecular complexity index is 895. The van der Waals surface area contributed by atoms with Crippen molar-refractivity contribution in [1.82, 2.24) is 5.32 Å². The minimum absolute atomic E-state index is 0.00430. The minimum Gasteiger partial charge on any atom is -0.349 e. The van der Waals surface area contributed by atoms with E-state index in [-0.39, 0.29) is 11.8 Å². The summed E-state index contributed by atoms with van der Waals surface area (Å²) in [5.41, 5.74) is 5.06. The second-order valence-electron chi connectivity index (χ2n) is 7.43. The van der Waals surface area contributed by atoms with Gasteiger partial charge in [0.25, 0.3) is 11.8 Å². The quantitative estimate of drug-likeness (QED) is 0.841. The summed E-state index contributed by atoms with van der Waals surface area (Å²) in [5, 5.41) is 2.98. The number of aryl methyl sites for hydroxylation is 2. The van der Waals surface area contributed by atoms with Gasteiger partial charge in [-0.1, -0.05) is 29.8 Å². The smallest absolute Gasteiger partial charge is 0.251 e. The van der Waals surface area contributed by atoms with Crippen molar-refractivity contribution in [3.05, 3.63) is 70.8 Å². The van der Waals surface area contributed by atoms with E-state index in [4.69, 9.17) is 0 Å². The van der Waals surface area contributed by atoms with E-state index in [0.717, 1.165) is 43.5 Å². The Balaban J connectivity index is 1.44. The Morgan fingerprint density at radius 1 is 1.11 bits per heavy atom. The zero-order valence-corrected chi connectivity index (χ0v) is 15.6. The van der Waals surface area contributed by atoms with Crippen LogP contribution >= 0.6 is 0 Å². The van der Waals surface area contributed by atoms with E-state index in [1.54, 1.807) is 18.2 Å². The van der Waals surface area contributed by atoms with Crippen molar-refractivity contribution in [2.24, 2.45) is 0 Å². The Labute approximate surface area is 159 Å². The Kier molecular flexibility index (Phi) is 4.80. The highest BCUT2D eigenvalue weighted by Gasteiger charge is 2.23. The summed E-state index contributed by atoms with van der Waals surface area (Å²) >= 11 is 0. The number of nitrogens with one attached hydrogen (secondary N) is 1. The van der Waals surface area contributed by atoms with E-state index < -0.39 is 0 Å². The van der Waals surface area contributed by atoms with Crippen LogP contribution in [0, 0.1) is 6.92 Å². The molecule has 2 aliphatic rings. The molecule has 1 fully saturated rings. The largest absolute Gasteiger partial charge is 0.349 e. The number of carbonyl (C=O) groups is 2. The van der Waals surface area contributed by atoms with Gasteiger partial charge in [0.05, 0.1) is 0 Å². The number of hydrogen-bond donors (Lipinski definition) is 1. The summed E-state index contributed by atoms with van der Waals surface area (Å²) in [6, 6.07) is 14.0. The van der Waals surface area contributed by atoms with Gasteiger partial charge in [-0.05, 0) is 68.0 Å². The van der Waals surface area contributed by atoms with Crippen LogP contribution in [0.1, 0.15) is 46.3 Å². The predicted molar refractivity (Wildman–Crippen MR) is 108 cm³/mol. The van der Waals surface area contributed by atoms with Gasteiger partial charge < -0.3 is 10.2 Å². The molecule has 138 valence electrons. The number of nitrogens with zero attached hydrogens (tertiary/aromatic N) is 1. The fourth-order valence-corrected chi connectivity index (χ4v) is 3.45. The van der Waals surface area contributed by atoms with Crippen LogP contribution in [0.3, 0.4) is 0 Å². The number of hydrogen-bond acceptors (Lipinski definition) is 2. The first kappa shape index (κ1) is 17.5. The van der Waals surface area contributed by atoms with Crippen molar-refractivity contribution in [3.63, 3.8) is 0 Å². The number of amides is 2. The highest BCUT2D eigenvalue weighted by Crippen LogP contribution is 2.28. The van der Waals surface area contributed by atoms with E-state index in [1.807, 2.05) is 29.2 Å². The van der Waals surface area contributed by atoms with E-state index in [9.17, 15) is 9.59 Å². The first-order valence-electron chi connectivity index (χ1n) is 9.60. The molecule has 1 heterocycles. The summed E-state index contributed by atoms with van der Waals surface area (Å²) < 4.78 is 0. The monoisotopic (exact) mass is 360 g/mol. The van der Waals surface area contributed by atoms with Crippen molar-refractivity contribution in [2.45, 2.75) is 38.6 Å². The highest BCUT2D eigenvalue weighted by atomic mass is 16.2. The molecule has 0 unspecified atom stereocenters. The lowest BCUT2D eigenvalue weighted by molar-refractivity contribution is -0.114. The van der Waals surface area contributed by atoms with E-state index >= 15 is 0 Å². The topological polar surface area (TPSA) is 49.4 Å². The summed E-state index contributed by atoms with van der Waals surface area (Å²) in [5.74, 6) is -0.0281. The van der Waals surface area contributed by atoms with Crippen molar-refractivity contribution in [3.8, 4) is 0 Å². The predicted octanol–water partition coefficient (Wildman–Crippen LogP) is 3.88. The fourth-order valence-electron chi connectivity index (χ4n) is 3.45. The molecular weight excluding hydrogens is 336 g/mol. The number of fused-ring (bicyclic) bond motifs is 1. The maximum absolute atomic E-state index is 12.7. The maximum atomic E-state index is 12.7. The molecule has 0 bridgehead atoms. The van der Waals surface area contributed by atoms with Gasteiger partial charge in [-0.2, -0.15) is 0 Å². The number of benzene rings is 2. The molecule has 0 aromatic heterocycles. The molecule has 1 aliphatic heterocycles. The lowest BCUT2D eigenvalue weighted by atomic mass is 9.99. The van der Waals surface area contributed by atoms with Crippen LogP contribution in [0.2, 0.25) is 0 Å². The molecular formula is C23H24N2O2. The highest BCUT2D eigenvalue weighted by molar-refractivity contribution is 6.04. The van der Waals surface area contributed by atoms with Crippen LogP contribution < -0.4 is 10.2 Å². The summed E-state index contributed by atoms with van der Waals surface area (Å²) in [6.45, 7) is 2.83. The molecule has 2 aromatic carbocycles. The lowest BCUT2D eigenvalue weighted by Crippen LogP contribution is -2.34. The molecule has 27 heavy (non-hydrogen) atoms. The van der Waals surface area contributed by atoms with Gasteiger partial charge >= 0.3 is 0 Å². The van der Waals surface area contributed by atoms with Gasteiger partial charge in [-0.3, -0.25) is 9.59 Å². The van der Waals surface area contributed by atoms with Gasteiger partial charge in [-0.15, -0.1) is 0 Å². The Hall–Kier alpha value is -2.88. The molecule has 0 spiro atoms. The van der Waals surface area contributed by atoms with Crippen molar-refractivity contribution >= 4 is 23.6 Å². The first-order valence-corrected chi connectivity index (χ1v) is 9.60. The van der Waals surface area contributed by atoms with Gasteiger partial charge in [-0.25, -0.2) is 0 Å². The summed E-state index contributed by atoms with van der Waals surface area (Å²) in [6.07, 6.45) is 7.60. The third-order valence-corrected chi connectivity index (χ3v) is 5.12. The van der Waals surface area contributed by atoms with Crippen LogP contribution in [-0.4, -0.2) is 24.4 Å². The van der Waals surface area contributed by atoms with Crippen LogP contribution in [0.15, 0.2) is 48.5 Å². The van der Waals surface area contributed by atoms with Crippen LogP contribution in [0.5, 0.6) is 0 Å². The molecule has 1 saturated carbocycles. The number of rotatable bonds is 4. The zero-order chi connectivity index (χ0) is 18.8. The fraction of sp³-hybridized carbons (Fsp3) is 0.304. The Morgan fingerprint density at radius 2 is 1.89 bits per heavy atom. The lowest BCUT2D eigenvalue weighted by Gasteiger charge is -2.29. The van der Waals surface area contributed by atoms with Crippen LogP contribution in [-0.2, 0) is 11.2 Å². The minimum atomic E-state index is -0.0238. The maximum Gasteiger partial charge on any atom is 0.251 e. The molecule has 1 aliphatic carbocycles.